The minimum absolute atomic E-state index is 0.253. The minimum Gasteiger partial charge on any atom is -0.394 e. The van der Waals surface area contributed by atoms with Crippen LogP contribution in [0.2, 0.25) is 0 Å². The van der Waals surface area contributed by atoms with Crippen LogP contribution in [0.3, 0.4) is 0 Å². The van der Waals surface area contributed by atoms with Gasteiger partial charge >= 0.3 is 0 Å². The second-order valence-corrected chi connectivity index (χ2v) is 6.88. The fourth-order valence-electron chi connectivity index (χ4n) is 4.23. The number of nitrogens with zero attached hydrogens (tertiary/aromatic N) is 3. The lowest BCUT2D eigenvalue weighted by molar-refractivity contribution is -0.157. The van der Waals surface area contributed by atoms with E-state index in [1.807, 2.05) is 4.90 Å². The van der Waals surface area contributed by atoms with Crippen molar-refractivity contribution in [1.29, 1.82) is 0 Å². The maximum absolute atomic E-state index is 12.2. The van der Waals surface area contributed by atoms with Gasteiger partial charge in [-0.1, -0.05) is 0 Å². The van der Waals surface area contributed by atoms with Crippen molar-refractivity contribution in [1.82, 2.24) is 14.9 Å². The highest BCUT2D eigenvalue weighted by Gasteiger charge is 2.69. The predicted octanol–water partition coefficient (Wildman–Crippen LogP) is -1.45. The molecular formula is C14H20N4O5. The molecular weight excluding hydrogens is 304 g/mol. The summed E-state index contributed by atoms with van der Waals surface area (Å²) in [6.07, 6.45) is -2.10. The van der Waals surface area contributed by atoms with Gasteiger partial charge in [0.05, 0.1) is 18.5 Å². The molecule has 0 spiro atoms. The second-order valence-electron chi connectivity index (χ2n) is 6.88. The zero-order valence-corrected chi connectivity index (χ0v) is 13.1. The van der Waals surface area contributed by atoms with Crippen molar-refractivity contribution in [3.8, 4) is 0 Å². The summed E-state index contributed by atoms with van der Waals surface area (Å²) >= 11 is 0. The molecule has 1 unspecified atom stereocenters. The Kier molecular flexibility index (Phi) is 2.74. The number of aliphatic hydroxyl groups excluding tert-OH is 2. The van der Waals surface area contributed by atoms with Gasteiger partial charge in [0.15, 0.2) is 17.5 Å². The van der Waals surface area contributed by atoms with E-state index in [4.69, 9.17) is 4.74 Å². The van der Waals surface area contributed by atoms with Crippen LogP contribution in [-0.4, -0.2) is 66.9 Å². The number of nitrogens with one attached hydrogen (secondary N) is 1. The summed E-state index contributed by atoms with van der Waals surface area (Å²) in [5, 5.41) is 34.2. The van der Waals surface area contributed by atoms with E-state index in [2.05, 4.69) is 10.3 Å². The summed E-state index contributed by atoms with van der Waals surface area (Å²) in [5.74, 6) is 0.257. The van der Waals surface area contributed by atoms with Crippen molar-refractivity contribution in [2.75, 3.05) is 11.5 Å². The summed E-state index contributed by atoms with van der Waals surface area (Å²) in [7, 11) is 0. The lowest BCUT2D eigenvalue weighted by atomic mass is 9.73. The molecule has 23 heavy (non-hydrogen) atoms. The molecule has 1 aromatic rings. The Hall–Kier alpha value is -1.68. The van der Waals surface area contributed by atoms with Gasteiger partial charge in [0.2, 0.25) is 0 Å². The van der Waals surface area contributed by atoms with E-state index in [1.54, 1.807) is 25.3 Å². The zero-order valence-electron chi connectivity index (χ0n) is 13.1. The molecule has 0 radical (unpaired) electrons. The quantitative estimate of drug-likeness (QED) is 0.499. The molecule has 4 rings (SSSR count). The molecule has 0 bridgehead atoms. The molecule has 1 saturated heterocycles. The molecule has 4 heterocycles. The van der Waals surface area contributed by atoms with E-state index in [0.717, 1.165) is 0 Å². The Morgan fingerprint density at radius 3 is 2.83 bits per heavy atom. The number of ether oxygens (including phenoxy) is 1. The number of carbonyl (C=O) groups excluding carboxylic acids is 1. The SMILES string of the molecule is CC1NC(=O)c2ncn3c2N1C(C)(C)[C@@]1(O)[C@H](O)[C@@H](CO)O[C@@H]31. The van der Waals surface area contributed by atoms with E-state index in [-0.39, 0.29) is 11.6 Å². The number of amides is 1. The van der Waals surface area contributed by atoms with Gasteiger partial charge in [-0.15, -0.1) is 0 Å². The monoisotopic (exact) mass is 324 g/mol. The Morgan fingerprint density at radius 1 is 1.48 bits per heavy atom. The third-order valence-electron chi connectivity index (χ3n) is 5.44. The lowest BCUT2D eigenvalue weighted by Crippen LogP contribution is -2.75. The van der Waals surface area contributed by atoms with E-state index >= 15 is 0 Å². The summed E-state index contributed by atoms with van der Waals surface area (Å²) < 4.78 is 7.27. The predicted molar refractivity (Wildman–Crippen MR) is 77.7 cm³/mol. The third kappa shape index (κ3) is 1.46. The number of anilines is 1. The standard InChI is InChI=1S/C14H20N4O5/c1-6-16-10(21)8-11-17(5-15-8)12-14(22,13(2,3)18(6)11)9(20)7(4-19)23-12/h5-7,9,12,19-20,22H,4H2,1-3H3,(H,16,21)/t6?,7-,9-,12-,14-/m1/s1. The lowest BCUT2D eigenvalue weighted by Gasteiger charge is -2.58. The molecule has 3 aliphatic heterocycles. The number of aromatic nitrogens is 2. The third-order valence-corrected chi connectivity index (χ3v) is 5.44. The summed E-state index contributed by atoms with van der Waals surface area (Å²) in [5.41, 5.74) is -2.40. The number of aliphatic hydroxyl groups is 3. The molecule has 126 valence electrons. The Bertz CT molecular complexity index is 689. The van der Waals surface area contributed by atoms with Crippen molar-refractivity contribution in [3.63, 3.8) is 0 Å². The fraction of sp³-hybridized carbons (Fsp3) is 0.714. The molecule has 9 nitrogen and oxygen atoms in total. The molecule has 5 atom stereocenters. The van der Waals surface area contributed by atoms with Gasteiger partial charge in [0, 0.05) is 0 Å². The maximum Gasteiger partial charge on any atom is 0.275 e. The molecule has 0 aromatic carbocycles. The normalized spacial score (nSPS) is 40.6. The van der Waals surface area contributed by atoms with Crippen LogP contribution in [0, 0.1) is 0 Å². The average Bonchev–Trinajstić information content (AvgIpc) is 3.00. The van der Waals surface area contributed by atoms with Crippen LogP contribution < -0.4 is 10.2 Å². The Balaban J connectivity index is 1.99. The van der Waals surface area contributed by atoms with E-state index in [1.165, 1.54) is 6.33 Å². The molecule has 0 aliphatic carbocycles. The van der Waals surface area contributed by atoms with Gasteiger partial charge in [0.1, 0.15) is 24.2 Å². The van der Waals surface area contributed by atoms with Crippen molar-refractivity contribution in [2.45, 2.75) is 56.5 Å². The minimum atomic E-state index is -1.68. The molecule has 4 N–H and O–H groups in total. The van der Waals surface area contributed by atoms with Crippen LogP contribution >= 0.6 is 0 Å². The van der Waals surface area contributed by atoms with Crippen molar-refractivity contribution in [3.05, 3.63) is 12.0 Å². The molecule has 0 saturated carbocycles. The van der Waals surface area contributed by atoms with Gasteiger partial charge in [-0.05, 0) is 20.8 Å². The largest absolute Gasteiger partial charge is 0.394 e. The maximum atomic E-state index is 12.2. The van der Waals surface area contributed by atoms with Crippen molar-refractivity contribution < 1.29 is 24.9 Å². The summed E-state index contributed by atoms with van der Waals surface area (Å²) in [6, 6.07) is 0. The van der Waals surface area contributed by atoms with E-state index in [9.17, 15) is 20.1 Å². The molecule has 3 aliphatic rings. The van der Waals surface area contributed by atoms with Crippen LogP contribution in [0.1, 0.15) is 37.5 Å². The molecule has 9 heteroatoms. The second kappa shape index (κ2) is 4.23. The summed E-state index contributed by atoms with van der Waals surface area (Å²) in [6.45, 7) is 4.94. The van der Waals surface area contributed by atoms with Gasteiger partial charge in [-0.25, -0.2) is 4.98 Å². The smallest absolute Gasteiger partial charge is 0.275 e. The van der Waals surface area contributed by atoms with E-state index in [0.29, 0.717) is 5.82 Å². The topological polar surface area (TPSA) is 120 Å². The van der Waals surface area contributed by atoms with Crippen molar-refractivity contribution in [2.24, 2.45) is 0 Å². The van der Waals surface area contributed by atoms with Gasteiger partial charge < -0.3 is 30.3 Å². The fourth-order valence-corrected chi connectivity index (χ4v) is 4.23. The molecule has 1 amide bonds. The number of carbonyl (C=O) groups is 1. The van der Waals surface area contributed by atoms with Crippen LogP contribution in [-0.2, 0) is 4.74 Å². The Labute approximate surface area is 132 Å². The number of fused-ring (bicyclic) bond motifs is 2. The average molecular weight is 324 g/mol. The first-order valence-corrected chi connectivity index (χ1v) is 7.59. The number of rotatable bonds is 1. The summed E-state index contributed by atoms with van der Waals surface area (Å²) in [4.78, 5) is 18.1. The first-order valence-electron chi connectivity index (χ1n) is 7.59. The van der Waals surface area contributed by atoms with E-state index < -0.39 is 42.3 Å². The number of hydrogen-bond donors (Lipinski definition) is 4. The van der Waals surface area contributed by atoms with Gasteiger partial charge in [-0.2, -0.15) is 0 Å². The van der Waals surface area contributed by atoms with Gasteiger partial charge in [-0.3, -0.25) is 9.36 Å². The Morgan fingerprint density at radius 2 is 2.17 bits per heavy atom. The number of hydrogen-bond acceptors (Lipinski definition) is 7. The highest BCUT2D eigenvalue weighted by atomic mass is 16.6. The highest BCUT2D eigenvalue weighted by Crippen LogP contribution is 2.54. The van der Waals surface area contributed by atoms with Crippen LogP contribution in [0.4, 0.5) is 5.82 Å². The first kappa shape index (κ1) is 14.9. The number of imidazole rings is 1. The first-order chi connectivity index (χ1) is 10.7. The van der Waals surface area contributed by atoms with Crippen LogP contribution in [0.15, 0.2) is 6.33 Å². The van der Waals surface area contributed by atoms with Crippen LogP contribution in [0.25, 0.3) is 0 Å². The van der Waals surface area contributed by atoms with Crippen molar-refractivity contribution >= 4 is 11.7 Å². The molecule has 1 aromatic heterocycles. The zero-order chi connectivity index (χ0) is 16.7. The van der Waals surface area contributed by atoms with Crippen LogP contribution in [0.5, 0.6) is 0 Å². The van der Waals surface area contributed by atoms with Gasteiger partial charge in [0.25, 0.3) is 5.91 Å². The highest BCUT2D eigenvalue weighted by molar-refractivity contribution is 5.99. The molecule has 1 fully saturated rings.